The second kappa shape index (κ2) is 6.95. The maximum absolute atomic E-state index is 12.1. The van der Waals surface area contributed by atoms with Gasteiger partial charge in [-0.25, -0.2) is 0 Å². The highest BCUT2D eigenvalue weighted by molar-refractivity contribution is 6.32. The second-order valence-corrected chi connectivity index (χ2v) is 5.52. The quantitative estimate of drug-likeness (QED) is 0.928. The van der Waals surface area contributed by atoms with Gasteiger partial charge >= 0.3 is 0 Å². The van der Waals surface area contributed by atoms with E-state index in [0.717, 1.165) is 19.4 Å². The molecule has 1 aromatic carbocycles. The molecule has 1 heterocycles. The van der Waals surface area contributed by atoms with Crippen LogP contribution in [0.2, 0.25) is 5.02 Å². The van der Waals surface area contributed by atoms with E-state index >= 15 is 0 Å². The molecule has 2 atom stereocenters. The number of amides is 1. The minimum absolute atomic E-state index is 0.0139. The van der Waals surface area contributed by atoms with E-state index in [1.165, 1.54) is 0 Å². The summed E-state index contributed by atoms with van der Waals surface area (Å²) in [5.74, 6) is 0.688. The third kappa shape index (κ3) is 3.64. The molecule has 20 heavy (non-hydrogen) atoms. The smallest absolute Gasteiger partial charge is 0.239 e. The SMILES string of the molecule is CC[C@H](N)C(=O)N1CCC[C@@H](Oc2ccccc2Cl)C1. The minimum atomic E-state index is -0.408. The van der Waals surface area contributed by atoms with Gasteiger partial charge in [-0.2, -0.15) is 0 Å². The van der Waals surface area contributed by atoms with Gasteiger partial charge in [0.05, 0.1) is 17.6 Å². The molecule has 0 spiro atoms. The molecule has 1 amide bonds. The molecule has 1 fully saturated rings. The number of piperidine rings is 1. The molecule has 2 N–H and O–H groups in total. The number of para-hydroxylation sites is 1. The van der Waals surface area contributed by atoms with Crippen LogP contribution < -0.4 is 10.5 Å². The Morgan fingerprint density at radius 1 is 1.55 bits per heavy atom. The van der Waals surface area contributed by atoms with Crippen molar-refractivity contribution in [3.8, 4) is 5.75 Å². The summed E-state index contributed by atoms with van der Waals surface area (Å²) in [5.41, 5.74) is 5.82. The van der Waals surface area contributed by atoms with Crippen LogP contribution in [0.5, 0.6) is 5.75 Å². The predicted molar refractivity (Wildman–Crippen MR) is 79.9 cm³/mol. The molecule has 0 radical (unpaired) electrons. The third-order valence-corrected chi connectivity index (χ3v) is 3.89. The van der Waals surface area contributed by atoms with Crippen molar-refractivity contribution in [1.29, 1.82) is 0 Å². The zero-order chi connectivity index (χ0) is 14.5. The van der Waals surface area contributed by atoms with Crippen LogP contribution in [0.3, 0.4) is 0 Å². The lowest BCUT2D eigenvalue weighted by atomic mass is 10.1. The highest BCUT2D eigenvalue weighted by Gasteiger charge is 2.27. The summed E-state index contributed by atoms with van der Waals surface area (Å²) in [7, 11) is 0. The van der Waals surface area contributed by atoms with Crippen molar-refractivity contribution in [2.45, 2.75) is 38.3 Å². The Hall–Kier alpha value is -1.26. The number of nitrogens with two attached hydrogens (primary N) is 1. The average molecular weight is 297 g/mol. The molecule has 1 saturated heterocycles. The molecule has 0 unspecified atom stereocenters. The molecule has 0 bridgehead atoms. The van der Waals surface area contributed by atoms with Crippen molar-refractivity contribution in [2.24, 2.45) is 5.73 Å². The van der Waals surface area contributed by atoms with Crippen molar-refractivity contribution in [1.82, 2.24) is 4.90 Å². The monoisotopic (exact) mass is 296 g/mol. The van der Waals surface area contributed by atoms with Gasteiger partial charge in [-0.05, 0) is 31.4 Å². The van der Waals surface area contributed by atoms with Crippen LogP contribution in [0.15, 0.2) is 24.3 Å². The van der Waals surface area contributed by atoms with Gasteiger partial charge in [0.15, 0.2) is 0 Å². The zero-order valence-corrected chi connectivity index (χ0v) is 12.5. The van der Waals surface area contributed by atoms with E-state index < -0.39 is 6.04 Å². The first-order chi connectivity index (χ1) is 9.61. The van der Waals surface area contributed by atoms with Gasteiger partial charge in [0, 0.05) is 6.54 Å². The molecule has 1 aliphatic rings. The van der Waals surface area contributed by atoms with Crippen LogP contribution >= 0.6 is 11.6 Å². The van der Waals surface area contributed by atoms with Gasteiger partial charge in [0.1, 0.15) is 11.9 Å². The van der Waals surface area contributed by atoms with Crippen LogP contribution in [0.1, 0.15) is 26.2 Å². The number of benzene rings is 1. The highest BCUT2D eigenvalue weighted by atomic mass is 35.5. The summed E-state index contributed by atoms with van der Waals surface area (Å²) >= 11 is 6.09. The fourth-order valence-corrected chi connectivity index (χ4v) is 2.54. The number of halogens is 1. The Morgan fingerprint density at radius 2 is 2.30 bits per heavy atom. The first-order valence-electron chi connectivity index (χ1n) is 7.07. The molecule has 1 aliphatic heterocycles. The summed E-state index contributed by atoms with van der Waals surface area (Å²) in [6, 6.07) is 7.00. The fraction of sp³-hybridized carbons (Fsp3) is 0.533. The van der Waals surface area contributed by atoms with Gasteiger partial charge < -0.3 is 15.4 Å². The number of nitrogens with zero attached hydrogens (tertiary/aromatic N) is 1. The normalized spacial score (nSPS) is 20.6. The van der Waals surface area contributed by atoms with Crippen LogP contribution in [0.4, 0.5) is 0 Å². The molecular formula is C15H21ClN2O2. The lowest BCUT2D eigenvalue weighted by Crippen LogP contribution is -2.50. The van der Waals surface area contributed by atoms with E-state index in [9.17, 15) is 4.79 Å². The largest absolute Gasteiger partial charge is 0.487 e. The second-order valence-electron chi connectivity index (χ2n) is 5.11. The predicted octanol–water partition coefficient (Wildman–Crippen LogP) is 2.45. The van der Waals surface area contributed by atoms with Gasteiger partial charge in [0.2, 0.25) is 5.91 Å². The molecule has 1 aromatic rings. The number of ether oxygens (including phenoxy) is 1. The molecule has 2 rings (SSSR count). The molecule has 5 heteroatoms. The third-order valence-electron chi connectivity index (χ3n) is 3.58. The van der Waals surface area contributed by atoms with E-state index in [-0.39, 0.29) is 12.0 Å². The number of carbonyl (C=O) groups is 1. The standard InChI is InChI=1S/C15H21ClN2O2/c1-2-13(17)15(19)18-9-5-6-11(10-18)20-14-8-4-3-7-12(14)16/h3-4,7-8,11,13H,2,5-6,9-10,17H2,1H3/t11-,13+/m1/s1. The summed E-state index contributed by atoms with van der Waals surface area (Å²) in [6.07, 6.45) is 2.50. The molecule has 0 aromatic heterocycles. The Morgan fingerprint density at radius 3 is 3.00 bits per heavy atom. The van der Waals surface area contributed by atoms with E-state index in [1.54, 1.807) is 11.0 Å². The molecule has 4 nitrogen and oxygen atoms in total. The Bertz CT molecular complexity index is 467. The first-order valence-corrected chi connectivity index (χ1v) is 7.45. The molecular weight excluding hydrogens is 276 g/mol. The number of carbonyl (C=O) groups excluding carboxylic acids is 1. The van der Waals surface area contributed by atoms with Crippen molar-refractivity contribution in [2.75, 3.05) is 13.1 Å². The summed E-state index contributed by atoms with van der Waals surface area (Å²) in [4.78, 5) is 13.9. The van der Waals surface area contributed by atoms with Crippen molar-refractivity contribution in [3.63, 3.8) is 0 Å². The number of hydrogen-bond acceptors (Lipinski definition) is 3. The molecule has 110 valence electrons. The van der Waals surface area contributed by atoms with Crippen LogP contribution in [-0.2, 0) is 4.79 Å². The summed E-state index contributed by atoms with van der Waals surface area (Å²) in [5, 5.41) is 0.598. The van der Waals surface area contributed by atoms with Crippen molar-refractivity contribution in [3.05, 3.63) is 29.3 Å². The zero-order valence-electron chi connectivity index (χ0n) is 11.7. The van der Waals surface area contributed by atoms with Crippen LogP contribution in [-0.4, -0.2) is 36.0 Å². The lowest BCUT2D eigenvalue weighted by Gasteiger charge is -2.34. The number of rotatable bonds is 4. The van der Waals surface area contributed by atoms with E-state index in [1.807, 2.05) is 25.1 Å². The number of hydrogen-bond donors (Lipinski definition) is 1. The summed E-state index contributed by atoms with van der Waals surface area (Å²) < 4.78 is 5.91. The Labute approximate surface area is 124 Å². The lowest BCUT2D eigenvalue weighted by molar-refractivity contribution is -0.135. The maximum Gasteiger partial charge on any atom is 0.239 e. The number of likely N-dealkylation sites (tertiary alicyclic amines) is 1. The fourth-order valence-electron chi connectivity index (χ4n) is 2.36. The first kappa shape index (κ1) is 15.1. The molecule has 0 aliphatic carbocycles. The van der Waals surface area contributed by atoms with Gasteiger partial charge in [-0.3, -0.25) is 4.79 Å². The van der Waals surface area contributed by atoms with Crippen LogP contribution in [0.25, 0.3) is 0 Å². The van der Waals surface area contributed by atoms with Crippen molar-refractivity contribution >= 4 is 17.5 Å². The topological polar surface area (TPSA) is 55.6 Å². The van der Waals surface area contributed by atoms with Gasteiger partial charge in [-0.15, -0.1) is 0 Å². The molecule has 0 saturated carbocycles. The minimum Gasteiger partial charge on any atom is -0.487 e. The van der Waals surface area contributed by atoms with E-state index in [2.05, 4.69) is 0 Å². The average Bonchev–Trinajstić information content (AvgIpc) is 2.48. The Balaban J connectivity index is 1.97. The maximum atomic E-state index is 12.1. The van der Waals surface area contributed by atoms with E-state index in [4.69, 9.17) is 22.1 Å². The van der Waals surface area contributed by atoms with Gasteiger partial charge in [0.25, 0.3) is 0 Å². The Kier molecular flexibility index (Phi) is 5.26. The summed E-state index contributed by atoms with van der Waals surface area (Å²) in [6.45, 7) is 3.26. The van der Waals surface area contributed by atoms with E-state index in [0.29, 0.717) is 23.7 Å². The van der Waals surface area contributed by atoms with Gasteiger partial charge in [-0.1, -0.05) is 30.7 Å². The highest BCUT2D eigenvalue weighted by Crippen LogP contribution is 2.26. The van der Waals surface area contributed by atoms with Crippen molar-refractivity contribution < 1.29 is 9.53 Å². The van der Waals surface area contributed by atoms with Crippen LogP contribution in [0, 0.1) is 0 Å².